The fourth-order valence-electron chi connectivity index (χ4n) is 2.25. The highest BCUT2D eigenvalue weighted by Crippen LogP contribution is 2.25. The summed E-state index contributed by atoms with van der Waals surface area (Å²) in [5.41, 5.74) is 0.627. The van der Waals surface area contributed by atoms with Gasteiger partial charge in [-0.25, -0.2) is 0 Å². The average molecular weight is 312 g/mol. The Kier molecular flexibility index (Phi) is 5.03. The molecule has 7 nitrogen and oxygen atoms in total. The first-order valence-electron chi connectivity index (χ1n) is 6.38. The maximum absolute atomic E-state index is 11.3. The lowest BCUT2D eigenvalue weighted by molar-refractivity contribution is -0.385. The number of non-ortho nitro benzene ring substituents is 1. The first kappa shape index (κ1) is 15.6. The van der Waals surface area contributed by atoms with Crippen LogP contribution in [0, 0.1) is 10.1 Å². The number of hydrogen-bond donors (Lipinski definition) is 1. The summed E-state index contributed by atoms with van der Waals surface area (Å²) in [4.78, 5) is 23.5. The molecular formula is C13H16N2O5S. The number of carboxylic acids is 1. The van der Waals surface area contributed by atoms with Gasteiger partial charge in [0.2, 0.25) is 0 Å². The van der Waals surface area contributed by atoms with Gasteiger partial charge in [0.15, 0.2) is 0 Å². The molecular weight excluding hydrogens is 296 g/mol. The largest absolute Gasteiger partial charge is 0.496 e. The Balaban J connectivity index is 2.22. The zero-order chi connectivity index (χ0) is 15.4. The molecule has 0 amide bonds. The van der Waals surface area contributed by atoms with E-state index in [-0.39, 0.29) is 5.69 Å². The topological polar surface area (TPSA) is 92.9 Å². The zero-order valence-electron chi connectivity index (χ0n) is 11.5. The van der Waals surface area contributed by atoms with Crippen molar-refractivity contribution in [2.45, 2.75) is 12.6 Å². The van der Waals surface area contributed by atoms with Gasteiger partial charge in [-0.05, 0) is 11.6 Å². The molecule has 1 N–H and O–H groups in total. The number of rotatable bonds is 5. The summed E-state index contributed by atoms with van der Waals surface area (Å²) in [5, 5.41) is 20.2. The predicted molar refractivity (Wildman–Crippen MR) is 78.8 cm³/mol. The first-order chi connectivity index (χ1) is 10.0. The molecule has 2 rings (SSSR count). The molecule has 8 heteroatoms. The predicted octanol–water partition coefficient (Wildman–Crippen LogP) is 1.61. The van der Waals surface area contributed by atoms with Crippen molar-refractivity contribution in [2.75, 3.05) is 25.2 Å². The van der Waals surface area contributed by atoms with Gasteiger partial charge in [-0.15, -0.1) is 0 Å². The summed E-state index contributed by atoms with van der Waals surface area (Å²) in [6, 6.07) is 3.95. The van der Waals surface area contributed by atoms with Crippen LogP contribution in [0.2, 0.25) is 0 Å². The lowest BCUT2D eigenvalue weighted by Crippen LogP contribution is -2.46. The molecule has 1 fully saturated rings. The third-order valence-electron chi connectivity index (χ3n) is 3.31. The van der Waals surface area contributed by atoms with Crippen molar-refractivity contribution in [3.8, 4) is 5.75 Å². The third kappa shape index (κ3) is 3.85. The molecule has 1 aliphatic rings. The van der Waals surface area contributed by atoms with Crippen molar-refractivity contribution in [3.05, 3.63) is 33.9 Å². The Morgan fingerprint density at radius 3 is 2.95 bits per heavy atom. The van der Waals surface area contributed by atoms with Gasteiger partial charge >= 0.3 is 5.97 Å². The number of carbonyl (C=O) groups is 1. The summed E-state index contributed by atoms with van der Waals surface area (Å²) in [7, 11) is 1.44. The van der Waals surface area contributed by atoms with Crippen molar-refractivity contribution in [1.82, 2.24) is 4.90 Å². The molecule has 1 heterocycles. The number of benzene rings is 1. The van der Waals surface area contributed by atoms with Crippen LogP contribution in [0.25, 0.3) is 0 Å². The standard InChI is InChI=1S/C13H16N2O5S/c1-20-11-5-9(4-10(6-11)15(18)19)7-14-2-3-21-8-12(14)13(16)17/h4-6,12H,2-3,7-8H2,1H3,(H,16,17). The summed E-state index contributed by atoms with van der Waals surface area (Å²) < 4.78 is 5.07. The number of methoxy groups -OCH3 is 1. The lowest BCUT2D eigenvalue weighted by Gasteiger charge is -2.32. The van der Waals surface area contributed by atoms with Gasteiger partial charge in [0, 0.05) is 30.7 Å². The summed E-state index contributed by atoms with van der Waals surface area (Å²) >= 11 is 1.61. The van der Waals surface area contributed by atoms with E-state index >= 15 is 0 Å². The van der Waals surface area contributed by atoms with Crippen LogP contribution in [0.15, 0.2) is 18.2 Å². The molecule has 1 aromatic rings. The molecule has 0 bridgehead atoms. The summed E-state index contributed by atoms with van der Waals surface area (Å²) in [6.07, 6.45) is 0. The molecule has 1 aliphatic heterocycles. The minimum atomic E-state index is -0.861. The highest BCUT2D eigenvalue weighted by Gasteiger charge is 2.29. The van der Waals surface area contributed by atoms with Crippen molar-refractivity contribution in [3.63, 3.8) is 0 Å². The maximum atomic E-state index is 11.3. The molecule has 1 aromatic carbocycles. The molecule has 1 saturated heterocycles. The number of nitrogens with zero attached hydrogens (tertiary/aromatic N) is 2. The number of aliphatic carboxylic acids is 1. The normalized spacial score (nSPS) is 19.2. The van der Waals surface area contributed by atoms with Gasteiger partial charge in [-0.2, -0.15) is 11.8 Å². The zero-order valence-corrected chi connectivity index (χ0v) is 12.3. The van der Waals surface area contributed by atoms with Crippen LogP contribution in [0.3, 0.4) is 0 Å². The van der Waals surface area contributed by atoms with Crippen LogP contribution in [-0.2, 0) is 11.3 Å². The fourth-order valence-corrected chi connectivity index (χ4v) is 3.35. The summed E-state index contributed by atoms with van der Waals surface area (Å²) in [5.74, 6) is 0.925. The Morgan fingerprint density at radius 2 is 2.33 bits per heavy atom. The molecule has 21 heavy (non-hydrogen) atoms. The van der Waals surface area contributed by atoms with E-state index in [0.717, 1.165) is 5.75 Å². The van der Waals surface area contributed by atoms with E-state index in [2.05, 4.69) is 0 Å². The molecule has 1 unspecified atom stereocenters. The molecule has 0 aromatic heterocycles. The molecule has 0 aliphatic carbocycles. The molecule has 0 spiro atoms. The minimum Gasteiger partial charge on any atom is -0.496 e. The van der Waals surface area contributed by atoms with Crippen molar-refractivity contribution in [2.24, 2.45) is 0 Å². The number of nitro benzene ring substituents is 1. The first-order valence-corrected chi connectivity index (χ1v) is 7.53. The number of ether oxygens (including phenoxy) is 1. The number of thioether (sulfide) groups is 1. The molecule has 1 atom stereocenters. The minimum absolute atomic E-state index is 0.0531. The Morgan fingerprint density at radius 1 is 1.57 bits per heavy atom. The van der Waals surface area contributed by atoms with Crippen LogP contribution in [0.1, 0.15) is 5.56 Å². The van der Waals surface area contributed by atoms with E-state index in [1.165, 1.54) is 19.2 Å². The van der Waals surface area contributed by atoms with Gasteiger partial charge in [-0.3, -0.25) is 19.8 Å². The number of hydrogen-bond acceptors (Lipinski definition) is 6. The van der Waals surface area contributed by atoms with E-state index in [4.69, 9.17) is 4.74 Å². The number of nitro groups is 1. The smallest absolute Gasteiger partial charge is 0.321 e. The van der Waals surface area contributed by atoms with Crippen LogP contribution in [0.4, 0.5) is 5.69 Å². The second kappa shape index (κ2) is 6.77. The lowest BCUT2D eigenvalue weighted by atomic mass is 10.1. The van der Waals surface area contributed by atoms with Crippen LogP contribution in [-0.4, -0.2) is 52.1 Å². The Labute approximate surface area is 126 Å². The fraction of sp³-hybridized carbons (Fsp3) is 0.462. The highest BCUT2D eigenvalue weighted by molar-refractivity contribution is 7.99. The maximum Gasteiger partial charge on any atom is 0.321 e. The highest BCUT2D eigenvalue weighted by atomic mass is 32.2. The van der Waals surface area contributed by atoms with E-state index in [9.17, 15) is 20.0 Å². The quantitative estimate of drug-likeness (QED) is 0.652. The third-order valence-corrected chi connectivity index (χ3v) is 4.33. The van der Waals surface area contributed by atoms with E-state index < -0.39 is 16.9 Å². The SMILES string of the molecule is COc1cc(CN2CCSCC2C(=O)O)cc([N+](=O)[O-])c1. The van der Waals surface area contributed by atoms with E-state index in [1.54, 1.807) is 17.8 Å². The van der Waals surface area contributed by atoms with Crippen LogP contribution >= 0.6 is 11.8 Å². The molecule has 0 radical (unpaired) electrons. The summed E-state index contributed by atoms with van der Waals surface area (Å²) in [6.45, 7) is 1.00. The van der Waals surface area contributed by atoms with Crippen LogP contribution in [0.5, 0.6) is 5.75 Å². The van der Waals surface area contributed by atoms with Gasteiger partial charge in [0.1, 0.15) is 11.8 Å². The van der Waals surface area contributed by atoms with Gasteiger partial charge in [0.05, 0.1) is 18.1 Å². The molecule has 114 valence electrons. The van der Waals surface area contributed by atoms with Gasteiger partial charge in [-0.1, -0.05) is 0 Å². The van der Waals surface area contributed by atoms with Gasteiger partial charge in [0.25, 0.3) is 5.69 Å². The van der Waals surface area contributed by atoms with Crippen LogP contribution < -0.4 is 4.74 Å². The van der Waals surface area contributed by atoms with E-state index in [1.807, 2.05) is 4.90 Å². The second-order valence-electron chi connectivity index (χ2n) is 4.70. The number of carboxylic acid groups (broad SMARTS) is 1. The van der Waals surface area contributed by atoms with Crippen molar-refractivity contribution in [1.29, 1.82) is 0 Å². The second-order valence-corrected chi connectivity index (χ2v) is 5.85. The Bertz CT molecular complexity index is 551. The van der Waals surface area contributed by atoms with Crippen molar-refractivity contribution >= 4 is 23.4 Å². The Hall–Kier alpha value is -1.80. The monoisotopic (exact) mass is 312 g/mol. The van der Waals surface area contributed by atoms with Gasteiger partial charge < -0.3 is 9.84 Å². The van der Waals surface area contributed by atoms with Crippen molar-refractivity contribution < 1.29 is 19.6 Å². The molecule has 0 saturated carbocycles. The average Bonchev–Trinajstić information content (AvgIpc) is 2.47. The van der Waals surface area contributed by atoms with E-state index in [0.29, 0.717) is 30.2 Å².